The molecule has 1 fully saturated rings. The summed E-state index contributed by atoms with van der Waals surface area (Å²) in [5.74, 6) is -3.80. The van der Waals surface area contributed by atoms with E-state index < -0.39 is 34.9 Å². The highest BCUT2D eigenvalue weighted by atomic mass is 32.2. The van der Waals surface area contributed by atoms with E-state index in [-0.39, 0.29) is 48.7 Å². The molecule has 8 nitrogen and oxygen atoms in total. The molecule has 0 aromatic heterocycles. The number of rotatable bonds is 12. The van der Waals surface area contributed by atoms with Crippen LogP contribution in [-0.4, -0.2) is 66.1 Å². The number of nitrogens with one attached hydrogen (secondary N) is 1. The summed E-state index contributed by atoms with van der Waals surface area (Å²) in [6.45, 7) is 6.58. The number of likely N-dealkylation sites (N-methyl/N-ethyl adjacent to an activating group) is 1. The number of benzene rings is 2. The van der Waals surface area contributed by atoms with Crippen LogP contribution in [0.3, 0.4) is 0 Å². The van der Waals surface area contributed by atoms with Crippen LogP contribution in [0.4, 0.5) is 18.9 Å². The van der Waals surface area contributed by atoms with E-state index in [9.17, 15) is 27.6 Å². The van der Waals surface area contributed by atoms with Crippen molar-refractivity contribution in [3.05, 3.63) is 65.0 Å². The average Bonchev–Trinajstić information content (AvgIpc) is 3.41. The van der Waals surface area contributed by atoms with Gasteiger partial charge in [-0.25, -0.2) is 18.0 Å². The van der Waals surface area contributed by atoms with Crippen LogP contribution >= 0.6 is 11.8 Å². The van der Waals surface area contributed by atoms with E-state index in [1.807, 2.05) is 50.1 Å². The third-order valence-electron chi connectivity index (χ3n) is 6.83. The molecule has 1 aliphatic rings. The molecule has 2 aromatic carbocycles. The molecule has 0 radical (unpaired) electrons. The minimum atomic E-state index is -1.30. The van der Waals surface area contributed by atoms with E-state index >= 15 is 0 Å². The predicted octanol–water partition coefficient (Wildman–Crippen LogP) is 3.61. The Hall–Kier alpha value is -3.25. The molecular weight excluding hydrogens is 557 g/mol. The standard InChI is InChI=1S/C29H37F3N4O4S/c1-5-40-29(39)26(17(2)3)35(4)21-8-6-18(7-9-21)16-34-27(38)28-36(10-11-41-28)25(37)14-20(33)12-19-13-23(31)24(32)15-22(19)30/h6-9,13,15,17,20,26,28H,5,10-12,14,16,33H2,1-4H3,(H,34,38)/t20-,26?,28?/m1/s1. The van der Waals surface area contributed by atoms with Gasteiger partial charge < -0.3 is 25.6 Å². The monoisotopic (exact) mass is 594 g/mol. The fourth-order valence-electron chi connectivity index (χ4n) is 4.75. The summed E-state index contributed by atoms with van der Waals surface area (Å²) < 4.78 is 45.9. The summed E-state index contributed by atoms with van der Waals surface area (Å²) in [7, 11) is 1.83. The van der Waals surface area contributed by atoms with Crippen LogP contribution in [0.1, 0.15) is 38.3 Å². The van der Waals surface area contributed by atoms with Gasteiger partial charge in [-0.2, -0.15) is 0 Å². The van der Waals surface area contributed by atoms with Gasteiger partial charge in [0.2, 0.25) is 5.91 Å². The van der Waals surface area contributed by atoms with Gasteiger partial charge in [0, 0.05) is 50.1 Å². The summed E-state index contributed by atoms with van der Waals surface area (Å²) in [5.41, 5.74) is 7.57. The molecule has 3 rings (SSSR count). The molecule has 2 aromatic rings. The second-order valence-corrected chi connectivity index (χ2v) is 11.5. The average molecular weight is 595 g/mol. The van der Waals surface area contributed by atoms with Crippen molar-refractivity contribution in [3.63, 3.8) is 0 Å². The molecule has 0 bridgehead atoms. The van der Waals surface area contributed by atoms with Crippen molar-refractivity contribution in [1.29, 1.82) is 0 Å². The summed E-state index contributed by atoms with van der Waals surface area (Å²) in [5, 5.41) is 2.12. The van der Waals surface area contributed by atoms with Crippen LogP contribution in [0, 0.1) is 23.4 Å². The minimum Gasteiger partial charge on any atom is -0.464 e. The second kappa shape index (κ2) is 14.6. The number of nitrogens with zero attached hydrogens (tertiary/aromatic N) is 2. The highest BCUT2D eigenvalue weighted by Crippen LogP contribution is 2.26. The van der Waals surface area contributed by atoms with Gasteiger partial charge >= 0.3 is 5.97 Å². The first-order valence-corrected chi connectivity index (χ1v) is 14.5. The number of carbonyl (C=O) groups excluding carboxylic acids is 3. The maximum absolute atomic E-state index is 14.0. The van der Waals surface area contributed by atoms with Gasteiger partial charge in [-0.3, -0.25) is 9.59 Å². The van der Waals surface area contributed by atoms with Crippen molar-refractivity contribution in [1.82, 2.24) is 10.2 Å². The third kappa shape index (κ3) is 8.38. The highest BCUT2D eigenvalue weighted by molar-refractivity contribution is 8.00. The minimum absolute atomic E-state index is 0.0363. The normalized spacial score (nSPS) is 16.4. The first-order chi connectivity index (χ1) is 19.4. The van der Waals surface area contributed by atoms with E-state index in [0.29, 0.717) is 25.0 Å². The maximum atomic E-state index is 14.0. The van der Waals surface area contributed by atoms with E-state index in [2.05, 4.69) is 5.32 Å². The van der Waals surface area contributed by atoms with Gasteiger partial charge in [0.1, 0.15) is 11.9 Å². The number of hydrogen-bond donors (Lipinski definition) is 2. The first-order valence-electron chi connectivity index (χ1n) is 13.5. The molecule has 41 heavy (non-hydrogen) atoms. The number of ether oxygens (including phenoxy) is 1. The Labute approximate surface area is 242 Å². The number of esters is 1. The van der Waals surface area contributed by atoms with E-state index in [1.165, 1.54) is 16.7 Å². The fraction of sp³-hybridized carbons (Fsp3) is 0.483. The SMILES string of the molecule is CCOC(=O)C(C(C)C)N(C)c1ccc(CNC(=O)C2SCCN2C(=O)C[C@H](N)Cc2cc(F)c(F)cc2F)cc1. The van der Waals surface area contributed by atoms with Crippen molar-refractivity contribution < 1.29 is 32.3 Å². The molecule has 1 heterocycles. The van der Waals surface area contributed by atoms with E-state index in [0.717, 1.165) is 17.3 Å². The van der Waals surface area contributed by atoms with Crippen LogP contribution < -0.4 is 16.0 Å². The van der Waals surface area contributed by atoms with Crippen molar-refractivity contribution in [2.75, 3.05) is 30.9 Å². The van der Waals surface area contributed by atoms with Gasteiger partial charge in [-0.1, -0.05) is 26.0 Å². The summed E-state index contributed by atoms with van der Waals surface area (Å²) >= 11 is 1.33. The molecule has 0 aliphatic carbocycles. The molecule has 3 atom stereocenters. The summed E-state index contributed by atoms with van der Waals surface area (Å²) in [6.07, 6.45) is -0.337. The van der Waals surface area contributed by atoms with Crippen LogP contribution in [0.25, 0.3) is 0 Å². The fourth-order valence-corrected chi connectivity index (χ4v) is 5.91. The van der Waals surface area contributed by atoms with Crippen molar-refractivity contribution in [3.8, 4) is 0 Å². The molecule has 224 valence electrons. The van der Waals surface area contributed by atoms with E-state index in [1.54, 1.807) is 6.92 Å². The molecule has 0 spiro atoms. The van der Waals surface area contributed by atoms with Gasteiger partial charge in [0.15, 0.2) is 17.0 Å². The topological polar surface area (TPSA) is 105 Å². The molecule has 1 saturated heterocycles. The lowest BCUT2D eigenvalue weighted by atomic mass is 10.0. The van der Waals surface area contributed by atoms with Crippen LogP contribution in [-0.2, 0) is 32.1 Å². The number of amides is 2. The smallest absolute Gasteiger partial charge is 0.329 e. The number of anilines is 1. The largest absolute Gasteiger partial charge is 0.464 e. The lowest BCUT2D eigenvalue weighted by molar-refractivity contribution is -0.145. The summed E-state index contributed by atoms with van der Waals surface area (Å²) in [6, 6.07) is 7.37. The Morgan fingerprint density at radius 2 is 1.78 bits per heavy atom. The number of nitrogens with two attached hydrogens (primary N) is 1. The second-order valence-electron chi connectivity index (χ2n) is 10.3. The number of halogens is 3. The molecule has 2 unspecified atom stereocenters. The number of hydrogen-bond acceptors (Lipinski definition) is 7. The quantitative estimate of drug-likeness (QED) is 0.286. The van der Waals surface area contributed by atoms with Crippen LogP contribution in [0.5, 0.6) is 0 Å². The van der Waals surface area contributed by atoms with Crippen LogP contribution in [0.15, 0.2) is 36.4 Å². The highest BCUT2D eigenvalue weighted by Gasteiger charge is 2.35. The Morgan fingerprint density at radius 3 is 2.41 bits per heavy atom. The van der Waals surface area contributed by atoms with Gasteiger partial charge in [-0.15, -0.1) is 11.8 Å². The van der Waals surface area contributed by atoms with Crippen molar-refractivity contribution >= 4 is 35.2 Å². The Bertz CT molecular complexity index is 1230. The molecule has 2 amide bonds. The van der Waals surface area contributed by atoms with Gasteiger partial charge in [-0.05, 0) is 48.6 Å². The Morgan fingerprint density at radius 1 is 1.12 bits per heavy atom. The summed E-state index contributed by atoms with van der Waals surface area (Å²) in [4.78, 5) is 41.6. The molecular formula is C29H37F3N4O4S. The van der Waals surface area contributed by atoms with Crippen molar-refractivity contribution in [2.24, 2.45) is 11.7 Å². The maximum Gasteiger partial charge on any atom is 0.329 e. The van der Waals surface area contributed by atoms with Gasteiger partial charge in [0.05, 0.1) is 6.61 Å². The molecule has 12 heteroatoms. The lowest BCUT2D eigenvalue weighted by Gasteiger charge is -2.31. The third-order valence-corrected chi connectivity index (χ3v) is 8.03. The molecule has 1 aliphatic heterocycles. The molecule has 3 N–H and O–H groups in total. The number of carbonyl (C=O) groups is 3. The lowest BCUT2D eigenvalue weighted by Crippen LogP contribution is -2.46. The zero-order valence-corrected chi connectivity index (χ0v) is 24.5. The predicted molar refractivity (Wildman–Crippen MR) is 153 cm³/mol. The van der Waals surface area contributed by atoms with Crippen LogP contribution in [0.2, 0.25) is 0 Å². The van der Waals surface area contributed by atoms with Gasteiger partial charge in [0.25, 0.3) is 5.91 Å². The van der Waals surface area contributed by atoms with Crippen molar-refractivity contribution in [2.45, 2.75) is 57.6 Å². The Kier molecular flexibility index (Phi) is 11.5. The molecule has 0 saturated carbocycles. The number of thioether (sulfide) groups is 1. The first kappa shape index (κ1) is 32.3. The zero-order valence-electron chi connectivity index (χ0n) is 23.7. The zero-order chi connectivity index (χ0) is 30.3. The van der Waals surface area contributed by atoms with E-state index in [4.69, 9.17) is 10.5 Å². The Balaban J connectivity index is 1.55.